The molecule has 8 N–H and O–H groups in total. The maximum Gasteiger partial charge on any atom is 0.490 e. The second-order valence-corrected chi connectivity index (χ2v) is 8.87. The van der Waals surface area contributed by atoms with E-state index >= 15 is 0 Å². The molecule has 0 aliphatic heterocycles. The lowest BCUT2D eigenvalue weighted by Crippen LogP contribution is -2.60. The molecule has 3 rings (SSSR count). The van der Waals surface area contributed by atoms with Gasteiger partial charge in [0.25, 0.3) is 5.91 Å². The van der Waals surface area contributed by atoms with E-state index in [-0.39, 0.29) is 30.8 Å². The van der Waals surface area contributed by atoms with Crippen molar-refractivity contribution in [3.8, 4) is 0 Å². The molecule has 0 aliphatic carbocycles. The molecule has 0 spiro atoms. The Kier molecular flexibility index (Phi) is 11.3. The van der Waals surface area contributed by atoms with Crippen LogP contribution in [0, 0.1) is 0 Å². The van der Waals surface area contributed by atoms with Crippen LogP contribution in [0.3, 0.4) is 0 Å². The number of aryl methyl sites for hydroxylation is 1. The van der Waals surface area contributed by atoms with Gasteiger partial charge in [0.05, 0.1) is 17.6 Å². The minimum absolute atomic E-state index is 0.0457. The fraction of sp³-hybridized carbons (Fsp3) is 0.296. The number of pyridine rings is 1. The summed E-state index contributed by atoms with van der Waals surface area (Å²) in [6, 6.07) is 17.9. The van der Waals surface area contributed by atoms with Gasteiger partial charge in [-0.25, -0.2) is 14.6 Å². The number of carboxylic acids is 2. The van der Waals surface area contributed by atoms with Crippen molar-refractivity contribution in [3.05, 3.63) is 71.8 Å². The number of carbonyl (C=O) groups is 4. The van der Waals surface area contributed by atoms with Crippen molar-refractivity contribution in [2.45, 2.75) is 37.4 Å². The Labute approximate surface area is 232 Å². The number of rotatable bonds is 11. The summed E-state index contributed by atoms with van der Waals surface area (Å²) < 4.78 is 31.7. The van der Waals surface area contributed by atoms with Crippen LogP contribution >= 0.6 is 0 Å². The third kappa shape index (κ3) is 8.22. The third-order valence-electron chi connectivity index (χ3n) is 6.14. The number of aliphatic carboxylic acids is 2. The number of carboxylic acid groups (broad SMARTS) is 2. The number of nitrogens with zero attached hydrogens (tertiary/aromatic N) is 2. The van der Waals surface area contributed by atoms with Crippen LogP contribution in [0.25, 0.3) is 10.9 Å². The van der Waals surface area contributed by atoms with Gasteiger partial charge in [0.15, 0.2) is 0 Å². The zero-order valence-electron chi connectivity index (χ0n) is 21.8. The summed E-state index contributed by atoms with van der Waals surface area (Å²) in [5.74, 6) is -5.62. The first kappa shape index (κ1) is 32.7. The molecule has 1 aromatic heterocycles. The topological polar surface area (TPSA) is 203 Å². The van der Waals surface area contributed by atoms with Gasteiger partial charge in [-0.2, -0.15) is 13.2 Å². The van der Waals surface area contributed by atoms with Crippen molar-refractivity contribution in [1.82, 2.24) is 4.98 Å². The SMILES string of the molecule is NCCC[C@@](CCc1ccccc1)(C(=O)O)N(C(=O)CN)c1nc2ccccc2cc1C(N)=O.O=C(O)C(F)(F)F. The average Bonchev–Trinajstić information content (AvgIpc) is 2.93. The van der Waals surface area contributed by atoms with Gasteiger partial charge in [-0.1, -0.05) is 48.5 Å². The van der Waals surface area contributed by atoms with Gasteiger partial charge >= 0.3 is 18.1 Å². The highest BCUT2D eigenvalue weighted by Gasteiger charge is 2.48. The van der Waals surface area contributed by atoms with E-state index in [1.54, 1.807) is 24.3 Å². The number of anilines is 1. The highest BCUT2D eigenvalue weighted by molar-refractivity contribution is 6.09. The number of primary amides is 1. The van der Waals surface area contributed by atoms with E-state index in [1.807, 2.05) is 30.3 Å². The maximum atomic E-state index is 13.3. The molecule has 1 atom stereocenters. The van der Waals surface area contributed by atoms with E-state index in [1.165, 1.54) is 6.07 Å². The molecule has 0 fully saturated rings. The van der Waals surface area contributed by atoms with Crippen molar-refractivity contribution in [2.24, 2.45) is 17.2 Å². The van der Waals surface area contributed by atoms with Gasteiger partial charge in [0.2, 0.25) is 5.91 Å². The summed E-state index contributed by atoms with van der Waals surface area (Å²) in [5.41, 5.74) is 16.7. The van der Waals surface area contributed by atoms with Crippen LogP contribution in [0.15, 0.2) is 60.7 Å². The number of hydrogen-bond donors (Lipinski definition) is 5. The number of nitrogens with two attached hydrogens (primary N) is 3. The zero-order valence-corrected chi connectivity index (χ0v) is 21.8. The lowest BCUT2D eigenvalue weighted by atomic mass is 9.84. The number of halogens is 3. The van der Waals surface area contributed by atoms with Crippen LogP contribution < -0.4 is 22.1 Å². The molecule has 11 nitrogen and oxygen atoms in total. The smallest absolute Gasteiger partial charge is 0.479 e. The number of alkyl halides is 3. The molecule has 0 saturated carbocycles. The molecule has 0 aliphatic rings. The van der Waals surface area contributed by atoms with Crippen LogP contribution in [0.1, 0.15) is 35.2 Å². The molecule has 3 aromatic rings. The number of hydrogen-bond acceptors (Lipinski definition) is 7. The minimum Gasteiger partial charge on any atom is -0.479 e. The molecule has 2 aromatic carbocycles. The number of fused-ring (bicyclic) bond motifs is 1. The molecular formula is C27H30F3N5O6. The van der Waals surface area contributed by atoms with Gasteiger partial charge in [-0.15, -0.1) is 0 Å². The van der Waals surface area contributed by atoms with E-state index in [9.17, 15) is 32.7 Å². The number of benzene rings is 2. The first-order valence-electron chi connectivity index (χ1n) is 12.3. The van der Waals surface area contributed by atoms with Crippen molar-refractivity contribution < 1.29 is 42.6 Å². The molecule has 220 valence electrons. The molecule has 2 amide bonds. The summed E-state index contributed by atoms with van der Waals surface area (Å²) in [7, 11) is 0. The Hall–Kier alpha value is -4.56. The van der Waals surface area contributed by atoms with E-state index < -0.39 is 42.0 Å². The van der Waals surface area contributed by atoms with Gasteiger partial charge in [-0.3, -0.25) is 14.5 Å². The fourth-order valence-electron chi connectivity index (χ4n) is 4.16. The van der Waals surface area contributed by atoms with Crippen molar-refractivity contribution >= 4 is 40.5 Å². The number of carbonyl (C=O) groups excluding carboxylic acids is 2. The number of para-hydroxylation sites is 1. The molecule has 0 radical (unpaired) electrons. The second-order valence-electron chi connectivity index (χ2n) is 8.87. The van der Waals surface area contributed by atoms with Gasteiger partial charge in [0, 0.05) is 5.39 Å². The standard InChI is InChI=1S/C25H29N5O4.C2HF3O2/c26-14-6-12-25(24(33)34,13-11-17-7-2-1-3-8-17)30(21(31)16-27)23-19(22(28)32)15-18-9-4-5-10-20(18)29-23;3-2(4,5)1(6)7/h1-5,7-10,15H,6,11-14,16,26-27H2,(H2,28,32)(H,33,34);(H,6,7)/t25-;/m1./s1. The van der Waals surface area contributed by atoms with Crippen LogP contribution in [-0.4, -0.2) is 63.8 Å². The van der Waals surface area contributed by atoms with Crippen LogP contribution in [0.4, 0.5) is 19.0 Å². The van der Waals surface area contributed by atoms with Gasteiger partial charge < -0.3 is 27.4 Å². The first-order chi connectivity index (χ1) is 19.3. The molecular weight excluding hydrogens is 547 g/mol. The predicted molar refractivity (Wildman–Crippen MR) is 144 cm³/mol. The first-order valence-corrected chi connectivity index (χ1v) is 12.3. The average molecular weight is 578 g/mol. The Morgan fingerprint density at radius 1 is 0.878 bits per heavy atom. The second kappa shape index (κ2) is 14.2. The summed E-state index contributed by atoms with van der Waals surface area (Å²) in [6.45, 7) is -0.255. The largest absolute Gasteiger partial charge is 0.490 e. The van der Waals surface area contributed by atoms with E-state index in [0.717, 1.165) is 10.5 Å². The van der Waals surface area contributed by atoms with E-state index in [4.69, 9.17) is 27.1 Å². The summed E-state index contributed by atoms with van der Waals surface area (Å²) in [6.07, 6.45) is -4.28. The van der Waals surface area contributed by atoms with E-state index in [2.05, 4.69) is 4.98 Å². The molecule has 14 heteroatoms. The van der Waals surface area contributed by atoms with Gasteiger partial charge in [0.1, 0.15) is 11.4 Å². The fourth-order valence-corrected chi connectivity index (χ4v) is 4.16. The van der Waals surface area contributed by atoms with Crippen molar-refractivity contribution in [2.75, 3.05) is 18.0 Å². The Morgan fingerprint density at radius 3 is 1.98 bits per heavy atom. The van der Waals surface area contributed by atoms with Crippen molar-refractivity contribution in [1.29, 1.82) is 0 Å². The Balaban J connectivity index is 0.000000745. The zero-order chi connectivity index (χ0) is 30.8. The monoisotopic (exact) mass is 577 g/mol. The van der Waals surface area contributed by atoms with Crippen LogP contribution in [-0.2, 0) is 20.8 Å². The summed E-state index contributed by atoms with van der Waals surface area (Å²) >= 11 is 0. The van der Waals surface area contributed by atoms with E-state index in [0.29, 0.717) is 23.7 Å². The third-order valence-corrected chi connectivity index (χ3v) is 6.14. The predicted octanol–water partition coefficient (Wildman–Crippen LogP) is 2.45. The number of aromatic nitrogens is 1. The highest BCUT2D eigenvalue weighted by Crippen LogP contribution is 2.35. The molecule has 41 heavy (non-hydrogen) atoms. The normalized spacial score (nSPS) is 12.5. The highest BCUT2D eigenvalue weighted by atomic mass is 19.4. The Bertz CT molecular complexity index is 1390. The lowest BCUT2D eigenvalue weighted by molar-refractivity contribution is -0.192. The molecule has 1 heterocycles. The minimum atomic E-state index is -5.08. The molecule has 0 unspecified atom stereocenters. The molecule has 0 bridgehead atoms. The summed E-state index contributed by atoms with van der Waals surface area (Å²) in [5, 5.41) is 18.3. The quantitative estimate of drug-likeness (QED) is 0.227. The molecule has 0 saturated heterocycles. The van der Waals surface area contributed by atoms with Crippen molar-refractivity contribution in [3.63, 3.8) is 0 Å². The van der Waals surface area contributed by atoms with Crippen LogP contribution in [0.5, 0.6) is 0 Å². The van der Waals surface area contributed by atoms with Crippen LogP contribution in [0.2, 0.25) is 0 Å². The van der Waals surface area contributed by atoms with Gasteiger partial charge in [-0.05, 0) is 49.9 Å². The summed E-state index contributed by atoms with van der Waals surface area (Å²) in [4.78, 5) is 53.1. The lowest BCUT2D eigenvalue weighted by Gasteiger charge is -2.41. The Morgan fingerprint density at radius 2 is 1.46 bits per heavy atom. The maximum absolute atomic E-state index is 13.3. The number of amides is 2.